The largest absolute Gasteiger partial charge is 0.443 e. The lowest BCUT2D eigenvalue weighted by atomic mass is 9.96. The van der Waals surface area contributed by atoms with Gasteiger partial charge in [0.2, 0.25) is 5.91 Å². The first-order valence-corrected chi connectivity index (χ1v) is 8.65. The van der Waals surface area contributed by atoms with Crippen LogP contribution in [0.4, 0.5) is 0 Å². The van der Waals surface area contributed by atoms with E-state index in [2.05, 4.69) is 4.98 Å². The third-order valence-corrected chi connectivity index (χ3v) is 4.97. The maximum absolute atomic E-state index is 12.9. The van der Waals surface area contributed by atoms with E-state index in [9.17, 15) is 9.59 Å². The fourth-order valence-electron chi connectivity index (χ4n) is 3.45. The lowest BCUT2D eigenvalue weighted by molar-refractivity contribution is -0.123. The van der Waals surface area contributed by atoms with Crippen molar-refractivity contribution in [3.05, 3.63) is 54.6 Å². The Morgan fingerprint density at radius 3 is 2.54 bits per heavy atom. The molecule has 2 amide bonds. The van der Waals surface area contributed by atoms with Gasteiger partial charge in [0, 0.05) is 24.6 Å². The molecule has 0 atom stereocenters. The minimum atomic E-state index is -0.296. The molecule has 1 aromatic heterocycles. The van der Waals surface area contributed by atoms with Gasteiger partial charge < -0.3 is 15.1 Å². The van der Waals surface area contributed by atoms with Gasteiger partial charge in [-0.3, -0.25) is 9.59 Å². The van der Waals surface area contributed by atoms with Gasteiger partial charge >= 0.3 is 0 Å². The van der Waals surface area contributed by atoms with Crippen LogP contribution >= 0.6 is 0 Å². The minimum Gasteiger partial charge on any atom is -0.443 e. The number of carbonyl (C=O) groups excluding carboxylic acids is 2. The van der Waals surface area contributed by atoms with Crippen molar-refractivity contribution in [2.75, 3.05) is 13.1 Å². The van der Waals surface area contributed by atoms with Crippen molar-refractivity contribution in [1.82, 2.24) is 9.88 Å². The molecule has 2 N–H and O–H groups in total. The third-order valence-electron chi connectivity index (χ3n) is 4.97. The number of nitrogens with two attached hydrogens (primary N) is 1. The molecule has 6 heteroatoms. The van der Waals surface area contributed by atoms with Gasteiger partial charge in [-0.05, 0) is 29.7 Å². The molecular formula is C20H19N3O3. The number of carbonyl (C=O) groups is 2. The molecule has 3 aromatic rings. The number of oxazole rings is 1. The SMILES string of the molecule is NC(=O)C1CCN(C(=O)c2ncoc2-c2ccc3ccccc3c2)CC1. The number of hydrogen-bond donors (Lipinski definition) is 1. The van der Waals surface area contributed by atoms with Gasteiger partial charge in [-0.2, -0.15) is 0 Å². The molecule has 2 heterocycles. The maximum atomic E-state index is 12.9. The first-order valence-electron chi connectivity index (χ1n) is 8.65. The van der Waals surface area contributed by atoms with Gasteiger partial charge in [-0.25, -0.2) is 4.98 Å². The maximum Gasteiger partial charge on any atom is 0.276 e. The fourth-order valence-corrected chi connectivity index (χ4v) is 3.45. The van der Waals surface area contributed by atoms with E-state index in [1.807, 2.05) is 42.5 Å². The summed E-state index contributed by atoms with van der Waals surface area (Å²) < 4.78 is 5.54. The summed E-state index contributed by atoms with van der Waals surface area (Å²) in [5, 5.41) is 2.19. The lowest BCUT2D eigenvalue weighted by Crippen LogP contribution is -2.42. The van der Waals surface area contributed by atoms with Gasteiger partial charge in [-0.15, -0.1) is 0 Å². The summed E-state index contributed by atoms with van der Waals surface area (Å²) in [4.78, 5) is 30.0. The van der Waals surface area contributed by atoms with E-state index in [0.29, 0.717) is 37.4 Å². The zero-order valence-corrected chi connectivity index (χ0v) is 14.2. The molecule has 0 bridgehead atoms. The van der Waals surface area contributed by atoms with E-state index in [4.69, 9.17) is 10.2 Å². The van der Waals surface area contributed by atoms with Crippen LogP contribution in [0.1, 0.15) is 23.3 Å². The van der Waals surface area contributed by atoms with E-state index >= 15 is 0 Å². The Morgan fingerprint density at radius 1 is 1.08 bits per heavy atom. The number of likely N-dealkylation sites (tertiary alicyclic amines) is 1. The van der Waals surface area contributed by atoms with Crippen LogP contribution in [0.5, 0.6) is 0 Å². The first kappa shape index (κ1) is 16.3. The van der Waals surface area contributed by atoms with Crippen molar-refractivity contribution in [2.45, 2.75) is 12.8 Å². The van der Waals surface area contributed by atoms with Crippen LogP contribution in [-0.4, -0.2) is 34.8 Å². The van der Waals surface area contributed by atoms with Gasteiger partial charge in [0.1, 0.15) is 0 Å². The second-order valence-corrected chi connectivity index (χ2v) is 6.56. The van der Waals surface area contributed by atoms with Gasteiger partial charge in [0.05, 0.1) is 0 Å². The summed E-state index contributed by atoms with van der Waals surface area (Å²) in [6, 6.07) is 13.9. The van der Waals surface area contributed by atoms with Crippen LogP contribution in [-0.2, 0) is 4.79 Å². The van der Waals surface area contributed by atoms with Crippen molar-refractivity contribution in [1.29, 1.82) is 0 Å². The Morgan fingerprint density at radius 2 is 1.81 bits per heavy atom. The zero-order chi connectivity index (χ0) is 18.1. The van der Waals surface area contributed by atoms with Crippen molar-refractivity contribution in [2.24, 2.45) is 11.7 Å². The molecule has 0 aliphatic carbocycles. The Bertz CT molecular complexity index is 971. The third kappa shape index (κ3) is 2.94. The number of primary amides is 1. The number of benzene rings is 2. The van der Waals surface area contributed by atoms with Gasteiger partial charge in [-0.1, -0.05) is 36.4 Å². The van der Waals surface area contributed by atoms with Crippen LogP contribution in [0, 0.1) is 5.92 Å². The van der Waals surface area contributed by atoms with Crippen molar-refractivity contribution < 1.29 is 14.0 Å². The highest BCUT2D eigenvalue weighted by atomic mass is 16.3. The number of nitrogens with zero attached hydrogens (tertiary/aromatic N) is 2. The van der Waals surface area contributed by atoms with Crippen LogP contribution < -0.4 is 5.73 Å². The number of hydrogen-bond acceptors (Lipinski definition) is 4. The van der Waals surface area contributed by atoms with Crippen LogP contribution in [0.15, 0.2) is 53.3 Å². The monoisotopic (exact) mass is 349 g/mol. The Kier molecular flexibility index (Phi) is 4.16. The second-order valence-electron chi connectivity index (χ2n) is 6.56. The minimum absolute atomic E-state index is 0.156. The van der Waals surface area contributed by atoms with E-state index in [1.165, 1.54) is 6.39 Å². The highest BCUT2D eigenvalue weighted by Gasteiger charge is 2.29. The molecule has 1 fully saturated rings. The predicted octanol–water partition coefficient (Wildman–Crippen LogP) is 2.83. The van der Waals surface area contributed by atoms with E-state index in [0.717, 1.165) is 16.3 Å². The molecule has 0 unspecified atom stereocenters. The second kappa shape index (κ2) is 6.63. The van der Waals surface area contributed by atoms with E-state index < -0.39 is 0 Å². The smallest absolute Gasteiger partial charge is 0.276 e. The molecular weight excluding hydrogens is 330 g/mol. The highest BCUT2D eigenvalue weighted by Crippen LogP contribution is 2.28. The van der Waals surface area contributed by atoms with Crippen molar-refractivity contribution >= 4 is 22.6 Å². The number of fused-ring (bicyclic) bond motifs is 1. The average molecular weight is 349 g/mol. The number of aromatic nitrogens is 1. The molecule has 1 aliphatic rings. The van der Waals surface area contributed by atoms with Crippen molar-refractivity contribution in [3.63, 3.8) is 0 Å². The molecule has 0 spiro atoms. The number of rotatable bonds is 3. The molecule has 0 radical (unpaired) electrons. The summed E-state index contributed by atoms with van der Waals surface area (Å²) >= 11 is 0. The predicted molar refractivity (Wildman–Crippen MR) is 97.3 cm³/mol. The highest BCUT2D eigenvalue weighted by molar-refractivity contribution is 5.99. The molecule has 2 aromatic carbocycles. The normalized spacial score (nSPS) is 15.3. The topological polar surface area (TPSA) is 89.4 Å². The first-order chi connectivity index (χ1) is 12.6. The summed E-state index contributed by atoms with van der Waals surface area (Å²) in [5.41, 5.74) is 6.48. The molecule has 4 rings (SSSR count). The molecule has 1 aliphatic heterocycles. The van der Waals surface area contributed by atoms with Crippen LogP contribution in [0.25, 0.3) is 22.1 Å². The Hall–Kier alpha value is -3.15. The molecule has 26 heavy (non-hydrogen) atoms. The molecule has 1 saturated heterocycles. The Labute approximate surface area is 150 Å². The molecule has 132 valence electrons. The van der Waals surface area contributed by atoms with E-state index in [1.54, 1.807) is 4.90 Å². The van der Waals surface area contributed by atoms with E-state index in [-0.39, 0.29) is 17.7 Å². The fraction of sp³-hybridized carbons (Fsp3) is 0.250. The Balaban J connectivity index is 1.60. The summed E-state index contributed by atoms with van der Waals surface area (Å²) in [5.74, 6) is -0.158. The number of piperidine rings is 1. The van der Waals surface area contributed by atoms with Crippen molar-refractivity contribution in [3.8, 4) is 11.3 Å². The quantitative estimate of drug-likeness (QED) is 0.787. The molecule has 0 saturated carbocycles. The number of amides is 2. The zero-order valence-electron chi connectivity index (χ0n) is 14.2. The van der Waals surface area contributed by atoms with Gasteiger partial charge in [0.25, 0.3) is 5.91 Å². The van der Waals surface area contributed by atoms with Crippen LogP contribution in [0.3, 0.4) is 0 Å². The lowest BCUT2D eigenvalue weighted by Gasteiger charge is -2.30. The molecule has 6 nitrogen and oxygen atoms in total. The van der Waals surface area contributed by atoms with Crippen LogP contribution in [0.2, 0.25) is 0 Å². The standard InChI is InChI=1S/C20H19N3O3/c21-19(24)14-7-9-23(10-8-14)20(25)17-18(26-12-22-17)16-6-5-13-3-1-2-4-15(13)11-16/h1-6,11-12,14H,7-10H2,(H2,21,24). The van der Waals surface area contributed by atoms with Gasteiger partial charge in [0.15, 0.2) is 17.8 Å². The summed E-state index contributed by atoms with van der Waals surface area (Å²) in [6.45, 7) is 0.993. The summed E-state index contributed by atoms with van der Waals surface area (Å²) in [6.07, 6.45) is 2.47. The average Bonchev–Trinajstić information content (AvgIpc) is 3.17. The summed E-state index contributed by atoms with van der Waals surface area (Å²) in [7, 11) is 0.